The highest BCUT2D eigenvalue weighted by Gasteiger charge is 2.02. The molecule has 2 aromatic rings. The molecule has 0 N–H and O–H groups in total. The molecule has 2 heteroatoms. The Morgan fingerprint density at radius 1 is 1.05 bits per heavy atom. The van der Waals surface area contributed by atoms with E-state index in [0.717, 1.165) is 21.4 Å². The van der Waals surface area contributed by atoms with E-state index in [4.69, 9.17) is 0 Å². The SMILES string of the molecule is CC#Cc1ccccc1/C=[N+](\[O-])Cc1ccccc1. The zero-order valence-electron chi connectivity index (χ0n) is 10.8. The molecule has 2 aromatic carbocycles. The molecule has 2 nitrogen and oxygen atoms in total. The molecule has 19 heavy (non-hydrogen) atoms. The molecule has 0 aromatic heterocycles. The van der Waals surface area contributed by atoms with Crippen LogP contribution in [0.15, 0.2) is 54.6 Å². The first kappa shape index (κ1) is 12.9. The normalized spacial score (nSPS) is 10.7. The van der Waals surface area contributed by atoms with E-state index in [2.05, 4.69) is 11.8 Å². The Labute approximate surface area is 113 Å². The van der Waals surface area contributed by atoms with Crippen LogP contribution in [0.2, 0.25) is 0 Å². The van der Waals surface area contributed by atoms with Crippen molar-refractivity contribution in [3.05, 3.63) is 76.5 Å². The zero-order chi connectivity index (χ0) is 13.5. The first-order chi connectivity index (χ1) is 9.29. The quantitative estimate of drug-likeness (QED) is 0.270. The average Bonchev–Trinajstić information content (AvgIpc) is 2.42. The van der Waals surface area contributed by atoms with E-state index < -0.39 is 0 Å². The summed E-state index contributed by atoms with van der Waals surface area (Å²) in [6.45, 7) is 2.13. The smallest absolute Gasteiger partial charge is 0.183 e. The fraction of sp³-hybridized carbons (Fsp3) is 0.118. The lowest BCUT2D eigenvalue weighted by Crippen LogP contribution is -2.06. The molecule has 0 radical (unpaired) electrons. The van der Waals surface area contributed by atoms with Crippen LogP contribution >= 0.6 is 0 Å². The first-order valence-electron chi connectivity index (χ1n) is 6.14. The van der Waals surface area contributed by atoms with Crippen LogP contribution in [-0.4, -0.2) is 11.0 Å². The van der Waals surface area contributed by atoms with Gasteiger partial charge in [0.2, 0.25) is 0 Å². The van der Waals surface area contributed by atoms with E-state index >= 15 is 0 Å². The van der Waals surface area contributed by atoms with Crippen molar-refractivity contribution in [3.8, 4) is 11.8 Å². The molecular formula is C17H15NO. The van der Waals surface area contributed by atoms with Gasteiger partial charge in [0, 0.05) is 11.1 Å². The van der Waals surface area contributed by atoms with E-state index in [-0.39, 0.29) is 0 Å². The van der Waals surface area contributed by atoms with E-state index in [1.807, 2.05) is 54.6 Å². The highest BCUT2D eigenvalue weighted by Crippen LogP contribution is 2.05. The average molecular weight is 249 g/mol. The lowest BCUT2D eigenvalue weighted by molar-refractivity contribution is -0.469. The summed E-state index contributed by atoms with van der Waals surface area (Å²) < 4.78 is 0.936. The maximum Gasteiger partial charge on any atom is 0.183 e. The van der Waals surface area contributed by atoms with E-state index in [1.54, 1.807) is 13.1 Å². The highest BCUT2D eigenvalue weighted by molar-refractivity contribution is 5.80. The van der Waals surface area contributed by atoms with Crippen molar-refractivity contribution < 1.29 is 4.74 Å². The molecule has 0 heterocycles. The predicted molar refractivity (Wildman–Crippen MR) is 77.9 cm³/mol. The molecule has 2 rings (SSSR count). The number of hydrogen-bond donors (Lipinski definition) is 0. The van der Waals surface area contributed by atoms with Gasteiger partial charge < -0.3 is 5.21 Å². The summed E-state index contributed by atoms with van der Waals surface area (Å²) in [4.78, 5) is 0. The zero-order valence-corrected chi connectivity index (χ0v) is 10.8. The van der Waals surface area contributed by atoms with Gasteiger partial charge in [0.1, 0.15) is 0 Å². The van der Waals surface area contributed by atoms with Crippen molar-refractivity contribution in [2.24, 2.45) is 0 Å². The topological polar surface area (TPSA) is 26.1 Å². The third-order valence-corrected chi connectivity index (χ3v) is 2.68. The van der Waals surface area contributed by atoms with Gasteiger partial charge in [-0.15, -0.1) is 5.92 Å². The Morgan fingerprint density at radius 2 is 1.74 bits per heavy atom. The number of rotatable bonds is 3. The Hall–Kier alpha value is -2.53. The fourth-order valence-corrected chi connectivity index (χ4v) is 1.82. The molecule has 0 aliphatic rings. The Balaban J connectivity index is 2.23. The van der Waals surface area contributed by atoms with Gasteiger partial charge in [-0.05, 0) is 19.1 Å². The third-order valence-electron chi connectivity index (χ3n) is 2.68. The molecule has 0 fully saturated rings. The summed E-state index contributed by atoms with van der Waals surface area (Å²) in [5, 5.41) is 12.0. The second kappa shape index (κ2) is 6.42. The van der Waals surface area contributed by atoms with Crippen LogP contribution in [0.5, 0.6) is 0 Å². The molecule has 0 spiro atoms. The number of nitrogens with zero attached hydrogens (tertiary/aromatic N) is 1. The van der Waals surface area contributed by atoms with Crippen LogP contribution in [0.25, 0.3) is 0 Å². The summed E-state index contributed by atoms with van der Waals surface area (Å²) in [6.07, 6.45) is 1.59. The van der Waals surface area contributed by atoms with Gasteiger partial charge in [-0.3, -0.25) is 0 Å². The molecular weight excluding hydrogens is 234 g/mol. The van der Waals surface area contributed by atoms with E-state index in [0.29, 0.717) is 6.54 Å². The van der Waals surface area contributed by atoms with E-state index in [1.165, 1.54) is 0 Å². The minimum atomic E-state index is 0.342. The summed E-state index contributed by atoms with van der Waals surface area (Å²) in [6, 6.07) is 17.3. The largest absolute Gasteiger partial charge is 0.624 e. The number of hydroxylamine groups is 1. The van der Waals surface area contributed by atoms with Crippen LogP contribution in [0.4, 0.5) is 0 Å². The first-order valence-corrected chi connectivity index (χ1v) is 6.14. The molecule has 0 amide bonds. The Bertz CT molecular complexity index is 633. The maximum absolute atomic E-state index is 12.0. The van der Waals surface area contributed by atoms with Crippen LogP contribution in [0, 0.1) is 17.0 Å². The van der Waals surface area contributed by atoms with Gasteiger partial charge in [0.05, 0.1) is 5.56 Å². The van der Waals surface area contributed by atoms with Crippen molar-refractivity contribution in [1.82, 2.24) is 0 Å². The molecule has 0 aliphatic heterocycles. The lowest BCUT2D eigenvalue weighted by Gasteiger charge is -2.05. The van der Waals surface area contributed by atoms with Crippen molar-refractivity contribution in [1.29, 1.82) is 0 Å². The summed E-state index contributed by atoms with van der Waals surface area (Å²) >= 11 is 0. The van der Waals surface area contributed by atoms with Crippen molar-refractivity contribution in [3.63, 3.8) is 0 Å². The summed E-state index contributed by atoms with van der Waals surface area (Å²) in [5.41, 5.74) is 2.72. The predicted octanol–water partition coefficient (Wildman–Crippen LogP) is 3.19. The maximum atomic E-state index is 12.0. The van der Waals surface area contributed by atoms with Gasteiger partial charge >= 0.3 is 0 Å². The van der Waals surface area contributed by atoms with Crippen molar-refractivity contribution >= 4 is 6.21 Å². The monoisotopic (exact) mass is 249 g/mol. The van der Waals surface area contributed by atoms with Gasteiger partial charge in [0.15, 0.2) is 12.8 Å². The number of hydrogen-bond acceptors (Lipinski definition) is 1. The third kappa shape index (κ3) is 3.72. The Kier molecular flexibility index (Phi) is 4.36. The minimum Gasteiger partial charge on any atom is -0.624 e. The summed E-state index contributed by atoms with van der Waals surface area (Å²) in [7, 11) is 0. The van der Waals surface area contributed by atoms with Gasteiger partial charge in [-0.25, -0.2) is 4.74 Å². The molecule has 94 valence electrons. The molecule has 0 saturated heterocycles. The number of benzene rings is 2. The molecule has 0 aliphatic carbocycles. The Morgan fingerprint density at radius 3 is 2.47 bits per heavy atom. The second-order valence-electron chi connectivity index (χ2n) is 4.15. The minimum absolute atomic E-state index is 0.342. The van der Waals surface area contributed by atoms with Gasteiger partial charge in [-0.1, -0.05) is 48.4 Å². The van der Waals surface area contributed by atoms with Crippen LogP contribution in [-0.2, 0) is 6.54 Å². The fourth-order valence-electron chi connectivity index (χ4n) is 1.82. The van der Waals surface area contributed by atoms with Crippen molar-refractivity contribution in [2.75, 3.05) is 0 Å². The van der Waals surface area contributed by atoms with Crippen molar-refractivity contribution in [2.45, 2.75) is 13.5 Å². The summed E-state index contributed by atoms with van der Waals surface area (Å²) in [5.74, 6) is 5.86. The molecule has 0 unspecified atom stereocenters. The second-order valence-corrected chi connectivity index (χ2v) is 4.15. The van der Waals surface area contributed by atoms with Crippen LogP contribution < -0.4 is 0 Å². The molecule has 0 bridgehead atoms. The molecule has 0 saturated carbocycles. The van der Waals surface area contributed by atoms with E-state index in [9.17, 15) is 5.21 Å². The van der Waals surface area contributed by atoms with Crippen LogP contribution in [0.1, 0.15) is 23.6 Å². The van der Waals surface area contributed by atoms with Gasteiger partial charge in [0.25, 0.3) is 0 Å². The van der Waals surface area contributed by atoms with Crippen LogP contribution in [0.3, 0.4) is 0 Å². The lowest BCUT2D eigenvalue weighted by atomic mass is 10.1. The van der Waals surface area contributed by atoms with Gasteiger partial charge in [-0.2, -0.15) is 0 Å². The standard InChI is InChI=1S/C17H15NO/c1-2-8-16-11-6-7-12-17(16)14-18(19)13-15-9-4-3-5-10-15/h3-7,9-12,14H,13H2,1H3/b18-14-. The highest BCUT2D eigenvalue weighted by atomic mass is 16.5. The molecule has 0 atom stereocenters.